The Bertz CT molecular complexity index is 715. The number of benzene rings is 1. The molecule has 2 aliphatic heterocycles. The van der Waals surface area contributed by atoms with E-state index in [-0.39, 0.29) is 29.6 Å². The average Bonchev–Trinajstić information content (AvgIpc) is 2.96. The van der Waals surface area contributed by atoms with E-state index in [1.54, 1.807) is 18.9 Å². The summed E-state index contributed by atoms with van der Waals surface area (Å²) in [5, 5.41) is 5.73. The average molecular weight is 329 g/mol. The van der Waals surface area contributed by atoms with E-state index in [1.807, 2.05) is 25.1 Å². The summed E-state index contributed by atoms with van der Waals surface area (Å²) in [5.41, 5.74) is 2.90. The highest BCUT2D eigenvalue weighted by Gasteiger charge is 2.47. The number of anilines is 1. The van der Waals surface area contributed by atoms with Gasteiger partial charge in [0.25, 0.3) is 5.91 Å². The maximum Gasteiger partial charge on any atom is 0.250 e. The summed E-state index contributed by atoms with van der Waals surface area (Å²) in [6, 6.07) is 4.39. The molecule has 2 N–H and O–H groups in total. The van der Waals surface area contributed by atoms with Crippen molar-refractivity contribution in [2.75, 3.05) is 11.9 Å². The van der Waals surface area contributed by atoms with Crippen molar-refractivity contribution in [1.29, 1.82) is 0 Å². The van der Waals surface area contributed by atoms with Gasteiger partial charge in [-0.2, -0.15) is 0 Å². The first-order valence-electron chi connectivity index (χ1n) is 8.29. The molecule has 128 valence electrons. The van der Waals surface area contributed by atoms with Crippen LogP contribution in [0.1, 0.15) is 37.8 Å². The van der Waals surface area contributed by atoms with Gasteiger partial charge in [-0.05, 0) is 32.0 Å². The first-order valence-corrected chi connectivity index (χ1v) is 8.29. The molecule has 1 aromatic rings. The molecule has 2 amide bonds. The lowest BCUT2D eigenvalue weighted by Gasteiger charge is -2.38. The van der Waals surface area contributed by atoms with E-state index in [0.29, 0.717) is 6.42 Å². The topological polar surface area (TPSA) is 78.5 Å². The fraction of sp³-hybridized carbons (Fsp3) is 0.500. The van der Waals surface area contributed by atoms with Gasteiger partial charge >= 0.3 is 0 Å². The molecule has 24 heavy (non-hydrogen) atoms. The minimum absolute atomic E-state index is 0.0336. The Balaban J connectivity index is 2.01. The summed E-state index contributed by atoms with van der Waals surface area (Å²) >= 11 is 0. The second kappa shape index (κ2) is 6.02. The van der Waals surface area contributed by atoms with Crippen LogP contribution in [-0.4, -0.2) is 42.8 Å². The number of rotatable bonds is 4. The van der Waals surface area contributed by atoms with E-state index >= 15 is 0 Å². The molecule has 6 nitrogen and oxygen atoms in total. The summed E-state index contributed by atoms with van der Waals surface area (Å²) in [6.07, 6.45) is 0.546. The summed E-state index contributed by atoms with van der Waals surface area (Å²) in [5.74, 6) is -0.589. The highest BCUT2D eigenvalue weighted by molar-refractivity contribution is 6.09. The molecule has 0 bridgehead atoms. The van der Waals surface area contributed by atoms with Crippen molar-refractivity contribution in [3.05, 3.63) is 29.3 Å². The zero-order valence-electron chi connectivity index (χ0n) is 14.4. The quantitative estimate of drug-likeness (QED) is 0.854. The smallest absolute Gasteiger partial charge is 0.250 e. The molecule has 0 aliphatic carbocycles. The number of carbonyl (C=O) groups is 3. The SMILES string of the molecule is CNC(C)C(=O)NC1C(=O)N2c3c(cccc3C1C)CC2C(C)=O. The van der Waals surface area contributed by atoms with Gasteiger partial charge in [0.15, 0.2) is 5.78 Å². The normalized spacial score (nSPS) is 26.1. The van der Waals surface area contributed by atoms with Crippen LogP contribution in [0.3, 0.4) is 0 Å². The van der Waals surface area contributed by atoms with Crippen molar-refractivity contribution in [2.24, 2.45) is 0 Å². The number of Topliss-reactive ketones (excluding diaryl/α,β-unsaturated/α-hetero) is 1. The molecule has 3 rings (SSSR count). The van der Waals surface area contributed by atoms with Crippen LogP contribution in [0.4, 0.5) is 5.69 Å². The van der Waals surface area contributed by atoms with Crippen molar-refractivity contribution in [2.45, 2.75) is 51.2 Å². The Morgan fingerprint density at radius 2 is 2.04 bits per heavy atom. The predicted octanol–water partition coefficient (Wildman–Crippen LogP) is 0.743. The molecule has 0 spiro atoms. The van der Waals surface area contributed by atoms with E-state index in [2.05, 4.69) is 10.6 Å². The zero-order valence-corrected chi connectivity index (χ0v) is 14.4. The van der Waals surface area contributed by atoms with Crippen LogP contribution in [0.5, 0.6) is 0 Å². The number of carbonyl (C=O) groups excluding carboxylic acids is 3. The van der Waals surface area contributed by atoms with E-state index in [1.165, 1.54) is 6.92 Å². The highest BCUT2D eigenvalue weighted by Crippen LogP contribution is 2.44. The molecule has 0 saturated heterocycles. The zero-order chi connectivity index (χ0) is 17.6. The van der Waals surface area contributed by atoms with E-state index in [0.717, 1.165) is 16.8 Å². The van der Waals surface area contributed by atoms with Gasteiger partial charge in [0, 0.05) is 12.3 Å². The first-order chi connectivity index (χ1) is 11.4. The number of hydrogen-bond donors (Lipinski definition) is 2. The summed E-state index contributed by atoms with van der Waals surface area (Å²) in [4.78, 5) is 39.0. The van der Waals surface area contributed by atoms with Gasteiger partial charge in [-0.25, -0.2) is 0 Å². The molecule has 0 radical (unpaired) electrons. The molecule has 0 saturated carbocycles. The number of nitrogens with zero attached hydrogens (tertiary/aromatic N) is 1. The third kappa shape index (κ3) is 2.41. The molecule has 4 unspecified atom stereocenters. The van der Waals surface area contributed by atoms with E-state index in [9.17, 15) is 14.4 Å². The fourth-order valence-corrected chi connectivity index (χ4v) is 3.62. The number of hydrogen-bond acceptors (Lipinski definition) is 4. The monoisotopic (exact) mass is 329 g/mol. The fourth-order valence-electron chi connectivity index (χ4n) is 3.62. The molecule has 2 aliphatic rings. The maximum absolute atomic E-state index is 13.1. The van der Waals surface area contributed by atoms with E-state index < -0.39 is 12.1 Å². The lowest BCUT2D eigenvalue weighted by atomic mass is 9.86. The number of nitrogens with one attached hydrogen (secondary N) is 2. The molecule has 4 atom stereocenters. The van der Waals surface area contributed by atoms with Crippen molar-refractivity contribution in [3.8, 4) is 0 Å². The molecular weight excluding hydrogens is 306 g/mol. The van der Waals surface area contributed by atoms with Gasteiger partial charge < -0.3 is 10.6 Å². The molecule has 6 heteroatoms. The Hall–Kier alpha value is -2.21. The Kier molecular flexibility index (Phi) is 4.17. The molecule has 2 heterocycles. The first kappa shape index (κ1) is 16.6. The Morgan fingerprint density at radius 1 is 1.33 bits per heavy atom. The van der Waals surface area contributed by atoms with Crippen molar-refractivity contribution in [1.82, 2.24) is 10.6 Å². The molecule has 0 aromatic heterocycles. The van der Waals surface area contributed by atoms with Crippen LogP contribution in [0.2, 0.25) is 0 Å². The minimum Gasteiger partial charge on any atom is -0.342 e. The number of para-hydroxylation sites is 1. The second-order valence-electron chi connectivity index (χ2n) is 6.68. The van der Waals surface area contributed by atoms with Gasteiger partial charge in [-0.1, -0.05) is 25.1 Å². The Labute approximate surface area is 141 Å². The van der Waals surface area contributed by atoms with Crippen LogP contribution < -0.4 is 15.5 Å². The number of ketones is 1. The number of amides is 2. The second-order valence-corrected chi connectivity index (χ2v) is 6.68. The molecular formula is C18H23N3O3. The van der Waals surface area contributed by atoms with Gasteiger partial charge in [0.2, 0.25) is 5.91 Å². The minimum atomic E-state index is -0.656. The van der Waals surface area contributed by atoms with Crippen LogP contribution in [0.15, 0.2) is 18.2 Å². The largest absolute Gasteiger partial charge is 0.342 e. The summed E-state index contributed by atoms with van der Waals surface area (Å²) < 4.78 is 0. The standard InChI is InChI=1S/C18H23N3O3/c1-9-13-7-5-6-12-8-14(11(3)22)21(16(12)13)18(24)15(9)20-17(23)10(2)19-4/h5-7,9-10,14-15,19H,8H2,1-4H3,(H,20,23). The summed E-state index contributed by atoms with van der Waals surface area (Å²) in [6.45, 7) is 5.20. The third-order valence-electron chi connectivity index (χ3n) is 5.20. The molecule has 0 fully saturated rings. The van der Waals surface area contributed by atoms with Crippen molar-refractivity contribution < 1.29 is 14.4 Å². The van der Waals surface area contributed by atoms with Crippen LogP contribution in [0.25, 0.3) is 0 Å². The van der Waals surface area contributed by atoms with E-state index in [4.69, 9.17) is 0 Å². The molecule has 1 aromatic carbocycles. The number of likely N-dealkylation sites (N-methyl/N-ethyl adjacent to an activating group) is 1. The highest BCUT2D eigenvalue weighted by atomic mass is 16.2. The van der Waals surface area contributed by atoms with Gasteiger partial charge in [0.05, 0.1) is 17.8 Å². The third-order valence-corrected chi connectivity index (χ3v) is 5.20. The lowest BCUT2D eigenvalue weighted by molar-refractivity contribution is -0.130. The van der Waals surface area contributed by atoms with Crippen LogP contribution in [0, 0.1) is 0 Å². The lowest BCUT2D eigenvalue weighted by Crippen LogP contribution is -2.59. The van der Waals surface area contributed by atoms with Crippen LogP contribution in [-0.2, 0) is 20.8 Å². The maximum atomic E-state index is 13.1. The summed E-state index contributed by atoms with van der Waals surface area (Å²) in [7, 11) is 1.70. The van der Waals surface area contributed by atoms with Gasteiger partial charge in [0.1, 0.15) is 6.04 Å². The van der Waals surface area contributed by atoms with Gasteiger partial charge in [-0.3, -0.25) is 19.3 Å². The predicted molar refractivity (Wildman–Crippen MR) is 91.0 cm³/mol. The van der Waals surface area contributed by atoms with Crippen molar-refractivity contribution >= 4 is 23.3 Å². The van der Waals surface area contributed by atoms with Crippen molar-refractivity contribution in [3.63, 3.8) is 0 Å². The van der Waals surface area contributed by atoms with Crippen LogP contribution >= 0.6 is 0 Å². The Morgan fingerprint density at radius 3 is 2.67 bits per heavy atom. The van der Waals surface area contributed by atoms with Gasteiger partial charge in [-0.15, -0.1) is 0 Å².